The van der Waals surface area contributed by atoms with Crippen LogP contribution in [0.5, 0.6) is 0 Å². The molecule has 0 aliphatic carbocycles. The summed E-state index contributed by atoms with van der Waals surface area (Å²) in [5, 5.41) is 10.6. The van der Waals surface area contributed by atoms with Crippen LogP contribution in [0, 0.1) is 11.7 Å². The molecule has 1 aliphatic heterocycles. The van der Waals surface area contributed by atoms with Gasteiger partial charge in [-0.3, -0.25) is 4.79 Å². The second-order valence-electron chi connectivity index (χ2n) is 7.00. The van der Waals surface area contributed by atoms with Crippen LogP contribution in [0.3, 0.4) is 0 Å². The van der Waals surface area contributed by atoms with Gasteiger partial charge in [0.25, 0.3) is 5.91 Å². The van der Waals surface area contributed by atoms with Crippen molar-refractivity contribution in [2.75, 3.05) is 13.1 Å². The zero-order valence-electron chi connectivity index (χ0n) is 15.3. The number of carbonyl (C=O) groups is 1. The van der Waals surface area contributed by atoms with E-state index in [1.807, 2.05) is 16.8 Å². The van der Waals surface area contributed by atoms with Gasteiger partial charge in [-0.15, -0.1) is 0 Å². The summed E-state index contributed by atoms with van der Waals surface area (Å²) in [5.41, 5.74) is 1.96. The number of hydrogen-bond donors (Lipinski definition) is 1. The molecule has 0 saturated carbocycles. The first-order valence-electron chi connectivity index (χ1n) is 9.29. The van der Waals surface area contributed by atoms with E-state index in [0.717, 1.165) is 5.69 Å². The molecule has 1 fully saturated rings. The summed E-state index contributed by atoms with van der Waals surface area (Å²) >= 11 is 0. The van der Waals surface area contributed by atoms with Crippen molar-refractivity contribution < 1.29 is 14.3 Å². The summed E-state index contributed by atoms with van der Waals surface area (Å²) in [4.78, 5) is 22.8. The van der Waals surface area contributed by atoms with Crippen LogP contribution in [-0.4, -0.2) is 43.5 Å². The van der Waals surface area contributed by atoms with E-state index in [9.17, 15) is 14.3 Å². The molecule has 1 N–H and O–H groups in total. The van der Waals surface area contributed by atoms with Gasteiger partial charge < -0.3 is 14.6 Å². The van der Waals surface area contributed by atoms with Crippen LogP contribution >= 0.6 is 0 Å². The van der Waals surface area contributed by atoms with E-state index >= 15 is 0 Å². The van der Waals surface area contributed by atoms with Crippen LogP contribution in [0.25, 0.3) is 5.69 Å². The van der Waals surface area contributed by atoms with E-state index < -0.39 is 6.10 Å². The Balaban J connectivity index is 1.36. The van der Waals surface area contributed by atoms with Gasteiger partial charge in [0.15, 0.2) is 0 Å². The minimum Gasteiger partial charge on any atom is -0.388 e. The molecule has 2 aromatic heterocycles. The number of piperidine rings is 1. The van der Waals surface area contributed by atoms with Crippen LogP contribution in [-0.2, 0) is 0 Å². The summed E-state index contributed by atoms with van der Waals surface area (Å²) in [6.45, 7) is 1.12. The lowest BCUT2D eigenvalue weighted by atomic mass is 9.87. The van der Waals surface area contributed by atoms with E-state index in [4.69, 9.17) is 0 Å². The molecule has 1 aliphatic rings. The maximum absolute atomic E-state index is 13.1. The van der Waals surface area contributed by atoms with Crippen molar-refractivity contribution in [2.45, 2.75) is 18.9 Å². The first-order chi connectivity index (χ1) is 13.6. The molecular formula is C21H21FN4O2. The summed E-state index contributed by atoms with van der Waals surface area (Å²) in [6, 6.07) is 9.50. The Labute approximate surface area is 162 Å². The molecule has 144 valence electrons. The number of carbonyl (C=O) groups excluding carboxylic acids is 1. The Hall–Kier alpha value is -3.06. The zero-order valence-corrected chi connectivity index (χ0v) is 15.3. The number of pyridine rings is 1. The number of benzene rings is 1. The fraction of sp³-hybridized carbons (Fsp3) is 0.286. The minimum absolute atomic E-state index is 0.0473. The maximum atomic E-state index is 13.1. The molecule has 1 unspecified atom stereocenters. The number of aromatic nitrogens is 3. The number of imidazole rings is 1. The van der Waals surface area contributed by atoms with Gasteiger partial charge in [-0.2, -0.15) is 0 Å². The molecule has 4 rings (SSSR count). The highest BCUT2D eigenvalue weighted by Gasteiger charge is 2.29. The second-order valence-corrected chi connectivity index (χ2v) is 7.00. The highest BCUT2D eigenvalue weighted by atomic mass is 19.1. The Morgan fingerprint density at radius 3 is 2.50 bits per heavy atom. The largest absolute Gasteiger partial charge is 0.388 e. The van der Waals surface area contributed by atoms with Gasteiger partial charge in [0.2, 0.25) is 0 Å². The normalized spacial score (nSPS) is 16.1. The highest BCUT2D eigenvalue weighted by molar-refractivity contribution is 5.92. The summed E-state index contributed by atoms with van der Waals surface area (Å²) in [7, 11) is 0. The molecule has 7 heteroatoms. The predicted molar refractivity (Wildman–Crippen MR) is 101 cm³/mol. The number of hydrogen-bond acceptors (Lipinski definition) is 4. The highest BCUT2D eigenvalue weighted by Crippen LogP contribution is 2.31. The first-order valence-corrected chi connectivity index (χ1v) is 9.29. The Kier molecular flexibility index (Phi) is 5.16. The average Bonchev–Trinajstić information content (AvgIpc) is 3.28. The molecule has 1 amide bonds. The van der Waals surface area contributed by atoms with E-state index in [0.29, 0.717) is 37.2 Å². The van der Waals surface area contributed by atoms with Crippen LogP contribution in [0.4, 0.5) is 4.39 Å². The third kappa shape index (κ3) is 3.80. The van der Waals surface area contributed by atoms with E-state index in [1.54, 1.807) is 41.8 Å². The molecule has 3 aromatic rings. The summed E-state index contributed by atoms with van der Waals surface area (Å²) < 4.78 is 14.9. The third-order valence-corrected chi connectivity index (χ3v) is 5.25. The van der Waals surface area contributed by atoms with E-state index in [2.05, 4.69) is 9.97 Å². The molecule has 0 spiro atoms. The smallest absolute Gasteiger partial charge is 0.272 e. The predicted octanol–water partition coefficient (Wildman–Crippen LogP) is 2.99. The van der Waals surface area contributed by atoms with Crippen LogP contribution in [0.15, 0.2) is 61.3 Å². The summed E-state index contributed by atoms with van der Waals surface area (Å²) in [6.07, 6.45) is 7.56. The zero-order chi connectivity index (χ0) is 19.5. The number of aliphatic hydroxyl groups excluding tert-OH is 1. The van der Waals surface area contributed by atoms with E-state index in [1.165, 1.54) is 12.1 Å². The van der Waals surface area contributed by atoms with Crippen LogP contribution in [0.2, 0.25) is 0 Å². The Bertz CT molecular complexity index is 918. The van der Waals surface area contributed by atoms with Crippen molar-refractivity contribution in [1.82, 2.24) is 19.4 Å². The fourth-order valence-electron chi connectivity index (χ4n) is 3.59. The lowest BCUT2D eigenvalue weighted by molar-refractivity contribution is 0.0458. The topological polar surface area (TPSA) is 71.2 Å². The lowest BCUT2D eigenvalue weighted by Gasteiger charge is -2.34. The molecule has 0 bridgehead atoms. The van der Waals surface area contributed by atoms with Crippen molar-refractivity contribution in [3.63, 3.8) is 0 Å². The molecule has 1 aromatic carbocycles. The number of nitrogens with zero attached hydrogens (tertiary/aromatic N) is 4. The van der Waals surface area contributed by atoms with Gasteiger partial charge in [-0.05, 0) is 48.6 Å². The van der Waals surface area contributed by atoms with Crippen molar-refractivity contribution in [3.05, 3.63) is 78.4 Å². The lowest BCUT2D eigenvalue weighted by Crippen LogP contribution is -2.40. The fourth-order valence-corrected chi connectivity index (χ4v) is 3.59. The minimum atomic E-state index is -0.648. The standard InChI is InChI=1S/C21H21FN4O2/c22-17-3-1-15(2-4-17)20(27)16-7-10-25(11-8-16)21(28)19-6-5-18(13-24-19)26-12-9-23-14-26/h1-6,9,12-14,16,20,27H,7-8,10-11H2. The van der Waals surface area contributed by atoms with Crippen LogP contribution < -0.4 is 0 Å². The molecule has 28 heavy (non-hydrogen) atoms. The summed E-state index contributed by atoms with van der Waals surface area (Å²) in [5.74, 6) is -0.374. The molecule has 1 atom stereocenters. The van der Waals surface area contributed by atoms with E-state index in [-0.39, 0.29) is 17.6 Å². The molecular weight excluding hydrogens is 359 g/mol. The number of likely N-dealkylation sites (tertiary alicyclic amines) is 1. The third-order valence-electron chi connectivity index (χ3n) is 5.25. The molecule has 3 heterocycles. The number of rotatable bonds is 4. The van der Waals surface area contributed by atoms with Gasteiger partial charge in [0.1, 0.15) is 11.5 Å². The van der Waals surface area contributed by atoms with Gasteiger partial charge in [0, 0.05) is 25.5 Å². The van der Waals surface area contributed by atoms with Crippen molar-refractivity contribution in [3.8, 4) is 5.69 Å². The molecule has 0 radical (unpaired) electrons. The Morgan fingerprint density at radius 2 is 1.89 bits per heavy atom. The SMILES string of the molecule is O=C(c1ccc(-n2ccnc2)cn1)N1CCC(C(O)c2ccc(F)cc2)CC1. The van der Waals surface area contributed by atoms with Crippen molar-refractivity contribution in [1.29, 1.82) is 0 Å². The number of aliphatic hydroxyl groups is 1. The monoisotopic (exact) mass is 380 g/mol. The average molecular weight is 380 g/mol. The number of amides is 1. The van der Waals surface area contributed by atoms with Gasteiger partial charge in [-0.1, -0.05) is 12.1 Å². The van der Waals surface area contributed by atoms with Crippen molar-refractivity contribution in [2.24, 2.45) is 5.92 Å². The van der Waals surface area contributed by atoms with Gasteiger partial charge in [-0.25, -0.2) is 14.4 Å². The first kappa shape index (κ1) is 18.3. The second kappa shape index (κ2) is 7.90. The maximum Gasteiger partial charge on any atom is 0.272 e. The molecule has 6 nitrogen and oxygen atoms in total. The number of halogens is 1. The Morgan fingerprint density at radius 1 is 1.14 bits per heavy atom. The van der Waals surface area contributed by atoms with Crippen molar-refractivity contribution >= 4 is 5.91 Å². The van der Waals surface area contributed by atoms with Gasteiger partial charge in [0.05, 0.1) is 24.3 Å². The molecule has 1 saturated heterocycles. The quantitative estimate of drug-likeness (QED) is 0.755. The van der Waals surface area contributed by atoms with Crippen LogP contribution in [0.1, 0.15) is 35.0 Å². The van der Waals surface area contributed by atoms with Gasteiger partial charge >= 0.3 is 0 Å².